The Morgan fingerprint density at radius 1 is 0.778 bits per heavy atom. The Morgan fingerprint density at radius 2 is 1.33 bits per heavy atom. The van der Waals surface area contributed by atoms with Gasteiger partial charge in [-0.3, -0.25) is 19.6 Å². The van der Waals surface area contributed by atoms with Gasteiger partial charge in [-0.25, -0.2) is 0 Å². The first-order valence-electron chi connectivity index (χ1n) is 11.8. The van der Waals surface area contributed by atoms with Crippen LogP contribution in [-0.2, 0) is 34.8 Å². The van der Waals surface area contributed by atoms with Gasteiger partial charge in [-0.1, -0.05) is 79.7 Å². The second-order valence-corrected chi connectivity index (χ2v) is 8.68. The van der Waals surface area contributed by atoms with E-state index in [1.807, 2.05) is 42.5 Å². The fourth-order valence-electron chi connectivity index (χ4n) is 4.14. The van der Waals surface area contributed by atoms with E-state index in [0.717, 1.165) is 41.4 Å². The quantitative estimate of drug-likeness (QED) is 0.276. The molecule has 0 aliphatic rings. The number of benzene rings is 3. The van der Waals surface area contributed by atoms with Crippen molar-refractivity contribution in [3.8, 4) is 22.5 Å². The number of rotatable bonds is 9. The van der Waals surface area contributed by atoms with Crippen molar-refractivity contribution in [2.75, 3.05) is 0 Å². The lowest BCUT2D eigenvalue weighted by atomic mass is 9.96. The smallest absolute Gasteiger partial charge is 0.299 e. The maximum absolute atomic E-state index is 13.9. The summed E-state index contributed by atoms with van der Waals surface area (Å²) in [5.74, 6) is -4.77. The Labute approximate surface area is 209 Å². The highest BCUT2D eigenvalue weighted by Gasteiger charge is 2.37. The third-order valence-corrected chi connectivity index (χ3v) is 6.14. The van der Waals surface area contributed by atoms with E-state index in [1.165, 1.54) is 29.8 Å². The summed E-state index contributed by atoms with van der Waals surface area (Å²) in [7, 11) is 0. The number of carbonyl (C=O) groups is 2. The predicted molar refractivity (Wildman–Crippen MR) is 136 cm³/mol. The first-order valence-corrected chi connectivity index (χ1v) is 11.8. The van der Waals surface area contributed by atoms with Crippen LogP contribution in [-0.4, -0.2) is 21.5 Å². The zero-order valence-electron chi connectivity index (χ0n) is 20.2. The average molecular weight is 485 g/mol. The van der Waals surface area contributed by atoms with Crippen molar-refractivity contribution < 1.29 is 18.4 Å². The van der Waals surface area contributed by atoms with E-state index < -0.39 is 11.7 Å². The summed E-state index contributed by atoms with van der Waals surface area (Å²) in [5, 5.41) is 0. The molecule has 0 saturated heterocycles. The second-order valence-electron chi connectivity index (χ2n) is 8.68. The zero-order valence-corrected chi connectivity index (χ0v) is 20.2. The van der Waals surface area contributed by atoms with Crippen molar-refractivity contribution in [1.82, 2.24) is 9.97 Å². The standard InChI is InChI=1S/C30H26F2N2O2/c1-3-23-6-4-5-7-27(23)29-28(33-16-17-34-29)24-12-8-21(9-13-24)18-26(36)19-22-10-14-25(15-11-22)30(31,32)20(2)35/h4-17H,3,18-19H2,1-2H3. The molecule has 36 heavy (non-hydrogen) atoms. The van der Waals surface area contributed by atoms with Gasteiger partial charge in [-0.2, -0.15) is 8.78 Å². The maximum atomic E-state index is 13.9. The normalized spacial score (nSPS) is 11.3. The lowest BCUT2D eigenvalue weighted by molar-refractivity contribution is -0.141. The minimum Gasteiger partial charge on any atom is -0.299 e. The zero-order chi connectivity index (χ0) is 25.7. The van der Waals surface area contributed by atoms with Crippen LogP contribution in [0.25, 0.3) is 22.5 Å². The highest BCUT2D eigenvalue weighted by Crippen LogP contribution is 2.31. The molecule has 4 aromatic rings. The van der Waals surface area contributed by atoms with Gasteiger partial charge in [0.1, 0.15) is 5.78 Å². The molecule has 0 amide bonds. The number of Topliss-reactive ketones (excluding diaryl/α,β-unsaturated/α-hetero) is 2. The van der Waals surface area contributed by atoms with Gasteiger partial charge >= 0.3 is 5.92 Å². The molecule has 1 aromatic heterocycles. The van der Waals surface area contributed by atoms with Crippen LogP contribution in [0.1, 0.15) is 36.1 Å². The minimum absolute atomic E-state index is 0.0362. The average Bonchev–Trinajstić information content (AvgIpc) is 2.89. The van der Waals surface area contributed by atoms with Gasteiger partial charge in [-0.15, -0.1) is 0 Å². The molecule has 3 aromatic carbocycles. The van der Waals surface area contributed by atoms with Crippen molar-refractivity contribution in [1.29, 1.82) is 0 Å². The van der Waals surface area contributed by atoms with Gasteiger partial charge in [0.2, 0.25) is 5.78 Å². The molecular weight excluding hydrogens is 458 g/mol. The Balaban J connectivity index is 1.47. The van der Waals surface area contributed by atoms with Crippen LogP contribution in [0.2, 0.25) is 0 Å². The molecule has 0 N–H and O–H groups in total. The summed E-state index contributed by atoms with van der Waals surface area (Å²) in [6, 6.07) is 21.1. The summed E-state index contributed by atoms with van der Waals surface area (Å²) < 4.78 is 27.7. The number of halogens is 2. The largest absolute Gasteiger partial charge is 0.330 e. The first-order chi connectivity index (χ1) is 17.3. The third kappa shape index (κ3) is 5.43. The molecule has 0 radical (unpaired) electrons. The number of hydrogen-bond acceptors (Lipinski definition) is 4. The van der Waals surface area contributed by atoms with Gasteiger partial charge in [0.15, 0.2) is 0 Å². The first kappa shape index (κ1) is 25.0. The molecule has 182 valence electrons. The molecule has 0 atom stereocenters. The summed E-state index contributed by atoms with van der Waals surface area (Å²) in [5.41, 5.74) is 5.85. The SMILES string of the molecule is CCc1ccccc1-c1nccnc1-c1ccc(CC(=O)Cc2ccc(C(F)(F)C(C)=O)cc2)cc1. The molecule has 4 nitrogen and oxygen atoms in total. The summed E-state index contributed by atoms with van der Waals surface area (Å²) >= 11 is 0. The van der Waals surface area contributed by atoms with Gasteiger partial charge in [0.05, 0.1) is 11.4 Å². The van der Waals surface area contributed by atoms with Crippen LogP contribution >= 0.6 is 0 Å². The molecule has 0 bridgehead atoms. The summed E-state index contributed by atoms with van der Waals surface area (Å²) in [4.78, 5) is 32.9. The van der Waals surface area contributed by atoms with Crippen LogP contribution in [0.3, 0.4) is 0 Å². The number of carbonyl (C=O) groups excluding carboxylic acids is 2. The van der Waals surface area contributed by atoms with Gasteiger partial charge in [0.25, 0.3) is 0 Å². The van der Waals surface area contributed by atoms with Crippen LogP contribution in [0.15, 0.2) is 85.2 Å². The molecule has 0 spiro atoms. The number of nitrogens with zero attached hydrogens (tertiary/aromatic N) is 2. The highest BCUT2D eigenvalue weighted by atomic mass is 19.3. The number of aromatic nitrogens is 2. The van der Waals surface area contributed by atoms with Gasteiger partial charge in [0, 0.05) is 48.8 Å². The molecule has 0 unspecified atom stereocenters. The van der Waals surface area contributed by atoms with Gasteiger partial charge in [-0.05, 0) is 23.1 Å². The lowest BCUT2D eigenvalue weighted by Crippen LogP contribution is -2.23. The van der Waals surface area contributed by atoms with Crippen molar-refractivity contribution in [3.63, 3.8) is 0 Å². The monoisotopic (exact) mass is 484 g/mol. The topological polar surface area (TPSA) is 59.9 Å². The Kier molecular flexibility index (Phi) is 7.44. The van der Waals surface area contributed by atoms with E-state index in [1.54, 1.807) is 12.4 Å². The molecule has 0 fully saturated rings. The predicted octanol–water partition coefficient (Wildman–Crippen LogP) is 6.41. The Hall–Kier alpha value is -4.06. The lowest BCUT2D eigenvalue weighted by Gasteiger charge is -2.13. The molecule has 0 aliphatic carbocycles. The van der Waals surface area contributed by atoms with Crippen LogP contribution < -0.4 is 0 Å². The van der Waals surface area contributed by atoms with Crippen molar-refractivity contribution in [2.24, 2.45) is 0 Å². The number of aryl methyl sites for hydroxylation is 1. The van der Waals surface area contributed by atoms with E-state index >= 15 is 0 Å². The van der Waals surface area contributed by atoms with E-state index in [9.17, 15) is 18.4 Å². The number of hydrogen-bond donors (Lipinski definition) is 0. The number of alkyl halides is 2. The third-order valence-electron chi connectivity index (χ3n) is 6.14. The fraction of sp³-hybridized carbons (Fsp3) is 0.200. The van der Waals surface area contributed by atoms with Crippen molar-refractivity contribution in [2.45, 2.75) is 39.0 Å². The minimum atomic E-state index is -3.52. The molecule has 6 heteroatoms. The van der Waals surface area contributed by atoms with E-state index in [-0.39, 0.29) is 24.2 Å². The van der Waals surface area contributed by atoms with E-state index in [0.29, 0.717) is 5.56 Å². The van der Waals surface area contributed by atoms with E-state index in [2.05, 4.69) is 23.0 Å². The maximum Gasteiger partial charge on any atom is 0.330 e. The Bertz CT molecular complexity index is 1380. The van der Waals surface area contributed by atoms with Crippen LogP contribution in [0.5, 0.6) is 0 Å². The van der Waals surface area contributed by atoms with Crippen molar-refractivity contribution in [3.05, 3.63) is 107 Å². The van der Waals surface area contributed by atoms with Crippen molar-refractivity contribution >= 4 is 11.6 Å². The second kappa shape index (κ2) is 10.7. The molecule has 1 heterocycles. The molecule has 4 rings (SSSR count). The summed E-state index contributed by atoms with van der Waals surface area (Å²) in [6.45, 7) is 2.97. The Morgan fingerprint density at radius 3 is 1.92 bits per heavy atom. The number of ketones is 2. The summed E-state index contributed by atoms with van der Waals surface area (Å²) in [6.07, 6.45) is 4.58. The highest BCUT2D eigenvalue weighted by molar-refractivity contribution is 5.85. The van der Waals surface area contributed by atoms with Gasteiger partial charge < -0.3 is 0 Å². The fourth-order valence-corrected chi connectivity index (χ4v) is 4.14. The molecule has 0 saturated carbocycles. The molecule has 0 aliphatic heterocycles. The van der Waals surface area contributed by atoms with E-state index in [4.69, 9.17) is 0 Å². The van der Waals surface area contributed by atoms with Crippen LogP contribution in [0, 0.1) is 0 Å². The van der Waals surface area contributed by atoms with Crippen LogP contribution in [0.4, 0.5) is 8.78 Å². The molecular formula is C30H26F2N2O2.